The fourth-order valence-corrected chi connectivity index (χ4v) is 11.7. The van der Waals surface area contributed by atoms with E-state index >= 15 is 0 Å². The molecule has 0 aromatic carbocycles. The van der Waals surface area contributed by atoms with Gasteiger partial charge in [-0.05, 0) is 109 Å². The van der Waals surface area contributed by atoms with Crippen LogP contribution in [0.5, 0.6) is 0 Å². The van der Waals surface area contributed by atoms with Crippen LogP contribution < -0.4 is 4.89 Å². The first-order chi connectivity index (χ1) is 46.0. The highest BCUT2D eigenvalue weighted by atomic mass is 31.2. The van der Waals surface area contributed by atoms with Crippen LogP contribution in [0.3, 0.4) is 0 Å². The van der Waals surface area contributed by atoms with Crippen molar-refractivity contribution in [3.8, 4) is 0 Å². The topological polar surface area (TPSA) is 111 Å². The molecule has 0 amide bonds. The first-order valence-corrected chi connectivity index (χ1v) is 40.7. The number of ether oxygens (including phenoxy) is 2. The van der Waals surface area contributed by atoms with Crippen molar-refractivity contribution in [2.24, 2.45) is 0 Å². The van der Waals surface area contributed by atoms with E-state index in [1.54, 1.807) is 0 Å². The van der Waals surface area contributed by atoms with Crippen molar-refractivity contribution in [2.45, 2.75) is 354 Å². The Labute approximate surface area is 581 Å². The first-order valence-electron chi connectivity index (χ1n) is 39.2. The molecule has 0 spiro atoms. The van der Waals surface area contributed by atoms with E-state index in [1.165, 1.54) is 218 Å². The fraction of sp³-hybridized carbons (Fsp3) is 0.738. The number of likely N-dealkylation sites (N-methyl/N-ethyl adjacent to an activating group) is 1. The minimum atomic E-state index is -4.65. The molecule has 0 N–H and O–H groups in total. The zero-order chi connectivity index (χ0) is 68.3. The summed E-state index contributed by atoms with van der Waals surface area (Å²) in [4.78, 5) is 38.2. The van der Waals surface area contributed by atoms with Gasteiger partial charge in [0.2, 0.25) is 0 Å². The number of quaternary nitrogens is 1. The molecule has 0 aliphatic rings. The molecular formula is C84H148NO8P. The third-order valence-electron chi connectivity index (χ3n) is 17.0. The zero-order valence-electron chi connectivity index (χ0n) is 61.9. The maximum Gasteiger partial charge on any atom is 0.306 e. The smallest absolute Gasteiger partial charge is 0.306 e. The second kappa shape index (κ2) is 73.7. The molecule has 0 aromatic rings. The Morgan fingerprint density at radius 3 is 0.904 bits per heavy atom. The Morgan fingerprint density at radius 1 is 0.340 bits per heavy atom. The number of hydrogen-bond donors (Lipinski definition) is 0. The van der Waals surface area contributed by atoms with Crippen LogP contribution in [0.2, 0.25) is 0 Å². The molecule has 542 valence electrons. The Kier molecular flexibility index (Phi) is 70.8. The summed E-state index contributed by atoms with van der Waals surface area (Å²) in [5.74, 6) is -0.823. The molecule has 0 heterocycles. The van der Waals surface area contributed by atoms with Gasteiger partial charge in [-0.1, -0.05) is 347 Å². The van der Waals surface area contributed by atoms with Crippen LogP contribution in [-0.2, 0) is 32.7 Å². The average molecular weight is 1330 g/mol. The predicted molar refractivity (Wildman–Crippen MR) is 406 cm³/mol. The number of phosphoric acid groups is 1. The van der Waals surface area contributed by atoms with E-state index in [2.05, 4.69) is 135 Å². The van der Waals surface area contributed by atoms with Gasteiger partial charge in [0.05, 0.1) is 27.7 Å². The Bertz CT molecular complexity index is 2010. The molecule has 9 nitrogen and oxygen atoms in total. The molecular weight excluding hydrogens is 1180 g/mol. The van der Waals surface area contributed by atoms with Crippen LogP contribution in [-0.4, -0.2) is 70.0 Å². The van der Waals surface area contributed by atoms with Crippen LogP contribution in [0.15, 0.2) is 122 Å². The Hall–Kier alpha value is -3.59. The highest BCUT2D eigenvalue weighted by molar-refractivity contribution is 7.45. The van der Waals surface area contributed by atoms with Crippen LogP contribution in [0.4, 0.5) is 0 Å². The molecule has 0 rings (SSSR count). The highest BCUT2D eigenvalue weighted by Gasteiger charge is 2.22. The summed E-state index contributed by atoms with van der Waals surface area (Å²) in [5, 5.41) is 0. The Balaban J connectivity index is 3.97. The van der Waals surface area contributed by atoms with Crippen molar-refractivity contribution in [1.29, 1.82) is 0 Å². The summed E-state index contributed by atoms with van der Waals surface area (Å²) in [7, 11) is 1.17. The lowest BCUT2D eigenvalue weighted by molar-refractivity contribution is -0.870. The third kappa shape index (κ3) is 77.4. The summed E-state index contributed by atoms with van der Waals surface area (Å²) < 4.78 is 34.4. The predicted octanol–water partition coefficient (Wildman–Crippen LogP) is 25.5. The summed E-state index contributed by atoms with van der Waals surface area (Å²) in [6, 6.07) is 0. The minimum Gasteiger partial charge on any atom is -0.756 e. The molecule has 0 radical (unpaired) electrons. The van der Waals surface area contributed by atoms with E-state index < -0.39 is 26.5 Å². The number of hydrogen-bond acceptors (Lipinski definition) is 8. The molecule has 10 heteroatoms. The van der Waals surface area contributed by atoms with Crippen molar-refractivity contribution in [3.63, 3.8) is 0 Å². The third-order valence-corrected chi connectivity index (χ3v) is 17.9. The van der Waals surface area contributed by atoms with Crippen LogP contribution in [0, 0.1) is 0 Å². The number of carbonyl (C=O) groups excluding carboxylic acids is 2. The van der Waals surface area contributed by atoms with Gasteiger partial charge in [-0.25, -0.2) is 0 Å². The molecule has 0 aliphatic carbocycles. The first kappa shape index (κ1) is 90.4. The standard InChI is InChI=1S/C84H148NO8P/c1-6-8-10-12-14-16-18-20-22-24-26-28-30-32-34-36-37-38-39-40-41-42-43-44-45-46-47-49-51-53-55-57-59-61-63-65-67-69-71-73-75-77-84(87)93-82(81-92-94(88,89)91-79-78-85(3,4)5)80-90-83(86)76-74-72-70-68-66-64-62-60-58-56-54-52-50-48-35-33-31-29-27-25-23-21-19-17-15-13-11-9-7-2/h8,10,14,16,19-22,25-28,31-34,37-38,40-41,82H,6-7,9,11-13,15,17-18,23-24,29-30,35-36,39,42-81H2,1-5H3/b10-8-,16-14-,21-19-,22-20-,27-25-,28-26-,33-31-,34-32-,38-37-,41-40-. The minimum absolute atomic E-state index is 0.0329. The van der Waals surface area contributed by atoms with Gasteiger partial charge in [-0.2, -0.15) is 0 Å². The normalized spacial score (nSPS) is 13.7. The average Bonchev–Trinajstić information content (AvgIpc) is 1.57. The van der Waals surface area contributed by atoms with Gasteiger partial charge in [0.15, 0.2) is 6.10 Å². The van der Waals surface area contributed by atoms with Gasteiger partial charge in [-0.3, -0.25) is 14.2 Å². The van der Waals surface area contributed by atoms with E-state index in [0.717, 1.165) is 96.3 Å². The number of carbonyl (C=O) groups is 2. The largest absolute Gasteiger partial charge is 0.756 e. The van der Waals surface area contributed by atoms with Crippen molar-refractivity contribution in [2.75, 3.05) is 47.5 Å². The van der Waals surface area contributed by atoms with Gasteiger partial charge in [0, 0.05) is 12.8 Å². The summed E-state index contributed by atoms with van der Waals surface area (Å²) in [5.41, 5.74) is 0. The number of phosphoric ester groups is 1. The lowest BCUT2D eigenvalue weighted by atomic mass is 10.0. The SMILES string of the molecule is CC/C=C\C/C=C\C/C=C\C/C=C\C/C=C\C/C=C\C/C=C\CCCCCCCCCCCCCCCCCCCCCC(=O)OC(COC(=O)CCCCCCCCCCCCCCCC/C=C\C/C=C\C/C=C\CCCCCCC)COP(=O)([O-])OCC[N+](C)(C)C. The van der Waals surface area contributed by atoms with E-state index in [9.17, 15) is 19.0 Å². The summed E-state index contributed by atoms with van der Waals surface area (Å²) in [6.07, 6.45) is 106. The molecule has 0 aromatic heterocycles. The fourth-order valence-electron chi connectivity index (χ4n) is 11.0. The molecule has 0 saturated carbocycles. The lowest BCUT2D eigenvalue weighted by Gasteiger charge is -2.28. The van der Waals surface area contributed by atoms with Crippen molar-refractivity contribution in [3.05, 3.63) is 122 Å². The highest BCUT2D eigenvalue weighted by Crippen LogP contribution is 2.38. The van der Waals surface area contributed by atoms with Crippen molar-refractivity contribution in [1.82, 2.24) is 0 Å². The van der Waals surface area contributed by atoms with E-state index in [1.807, 2.05) is 21.1 Å². The molecule has 0 saturated heterocycles. The van der Waals surface area contributed by atoms with Crippen LogP contribution in [0.1, 0.15) is 348 Å². The van der Waals surface area contributed by atoms with Crippen molar-refractivity contribution < 1.29 is 42.1 Å². The van der Waals surface area contributed by atoms with E-state index in [-0.39, 0.29) is 32.0 Å². The lowest BCUT2D eigenvalue weighted by Crippen LogP contribution is -2.37. The van der Waals surface area contributed by atoms with Crippen LogP contribution in [0.25, 0.3) is 0 Å². The number of rotatable bonds is 72. The van der Waals surface area contributed by atoms with Gasteiger partial charge >= 0.3 is 11.9 Å². The Morgan fingerprint density at radius 2 is 0.606 bits per heavy atom. The molecule has 2 atom stereocenters. The molecule has 0 fully saturated rings. The summed E-state index contributed by atoms with van der Waals surface area (Å²) >= 11 is 0. The van der Waals surface area contributed by atoms with Gasteiger partial charge in [-0.15, -0.1) is 0 Å². The number of allylic oxidation sites excluding steroid dienone is 20. The monoisotopic (exact) mass is 1330 g/mol. The zero-order valence-corrected chi connectivity index (χ0v) is 62.8. The second-order valence-corrected chi connectivity index (χ2v) is 28.8. The van der Waals surface area contributed by atoms with Gasteiger partial charge < -0.3 is 27.9 Å². The number of esters is 2. The molecule has 0 bridgehead atoms. The maximum absolute atomic E-state index is 12.9. The molecule has 0 aliphatic heterocycles. The van der Waals surface area contributed by atoms with E-state index in [0.29, 0.717) is 17.4 Å². The molecule has 2 unspecified atom stereocenters. The van der Waals surface area contributed by atoms with Crippen molar-refractivity contribution >= 4 is 19.8 Å². The maximum atomic E-state index is 12.9. The summed E-state index contributed by atoms with van der Waals surface area (Å²) in [6.45, 7) is 4.15. The molecule has 94 heavy (non-hydrogen) atoms. The number of nitrogens with zero attached hydrogens (tertiary/aromatic N) is 1. The van der Waals surface area contributed by atoms with Gasteiger partial charge in [0.1, 0.15) is 19.8 Å². The van der Waals surface area contributed by atoms with Crippen LogP contribution >= 0.6 is 7.82 Å². The quantitative estimate of drug-likeness (QED) is 0.0195. The number of unbranched alkanes of at least 4 members (excludes halogenated alkanes) is 38. The second-order valence-electron chi connectivity index (χ2n) is 27.3. The van der Waals surface area contributed by atoms with Gasteiger partial charge in [0.25, 0.3) is 7.82 Å². The van der Waals surface area contributed by atoms with E-state index in [4.69, 9.17) is 18.5 Å².